The van der Waals surface area contributed by atoms with Gasteiger partial charge in [-0.2, -0.15) is 10.2 Å². The lowest BCUT2D eigenvalue weighted by atomic mass is 9.90. The van der Waals surface area contributed by atoms with Crippen LogP contribution in [0.5, 0.6) is 5.75 Å². The number of azo groups is 1. The number of hydrogen-bond acceptors (Lipinski definition) is 5. The van der Waals surface area contributed by atoms with Crippen molar-refractivity contribution in [3.63, 3.8) is 0 Å². The highest BCUT2D eigenvalue weighted by Crippen LogP contribution is 2.36. The average molecular weight is 388 g/mol. The zero-order chi connectivity index (χ0) is 20.8. The molecular weight excluding hydrogens is 350 g/mol. The fraction of sp³-hybridized carbons (Fsp3) is 0.684. The van der Waals surface area contributed by atoms with Gasteiger partial charge in [-0.05, 0) is 49.8 Å². The predicted molar refractivity (Wildman–Crippen MR) is 111 cm³/mol. The number of phenolic OH excluding ortho intramolecular Hbond substituents is 1. The Morgan fingerprint density at radius 1 is 1.08 bits per heavy atom. The van der Waals surface area contributed by atoms with Gasteiger partial charge < -0.3 is 5.11 Å². The SMILES string of the molecule is CC.CC.CCS(=O)(=O)N(C)C.CN=Nc1c(O)ccc2c1CCCC2. The minimum Gasteiger partial charge on any atom is -0.506 e. The maximum Gasteiger partial charge on any atom is 0.213 e. The third kappa shape index (κ3) is 8.76. The highest BCUT2D eigenvalue weighted by atomic mass is 32.2. The quantitative estimate of drug-likeness (QED) is 0.746. The fourth-order valence-electron chi connectivity index (χ4n) is 2.27. The Labute approximate surface area is 160 Å². The third-order valence-electron chi connectivity index (χ3n) is 3.60. The van der Waals surface area contributed by atoms with Crippen LogP contribution in [0.3, 0.4) is 0 Å². The van der Waals surface area contributed by atoms with Gasteiger partial charge in [-0.3, -0.25) is 0 Å². The van der Waals surface area contributed by atoms with E-state index in [1.54, 1.807) is 20.0 Å². The van der Waals surface area contributed by atoms with Crippen molar-refractivity contribution in [3.8, 4) is 5.75 Å². The van der Waals surface area contributed by atoms with Crippen LogP contribution in [0.15, 0.2) is 22.4 Å². The molecule has 152 valence electrons. The molecule has 0 radical (unpaired) electrons. The number of sulfonamides is 1. The second-order valence-corrected chi connectivity index (χ2v) is 7.73. The average Bonchev–Trinajstić information content (AvgIpc) is 2.68. The van der Waals surface area contributed by atoms with Crippen molar-refractivity contribution in [2.75, 3.05) is 26.9 Å². The molecule has 0 bridgehead atoms. The molecule has 6 nitrogen and oxygen atoms in total. The van der Waals surface area contributed by atoms with Crippen LogP contribution in [0.1, 0.15) is 58.6 Å². The van der Waals surface area contributed by atoms with E-state index in [1.807, 2.05) is 33.8 Å². The molecule has 0 aromatic heterocycles. The van der Waals surface area contributed by atoms with Crippen LogP contribution >= 0.6 is 0 Å². The van der Waals surface area contributed by atoms with Crippen molar-refractivity contribution in [1.82, 2.24) is 4.31 Å². The van der Waals surface area contributed by atoms with Crippen molar-refractivity contribution in [2.45, 2.75) is 60.3 Å². The van der Waals surface area contributed by atoms with Crippen molar-refractivity contribution >= 4 is 15.7 Å². The summed E-state index contributed by atoms with van der Waals surface area (Å²) in [6, 6.07) is 3.71. The van der Waals surface area contributed by atoms with E-state index >= 15 is 0 Å². The summed E-state index contributed by atoms with van der Waals surface area (Å²) in [6.45, 7) is 9.62. The lowest BCUT2D eigenvalue weighted by Gasteiger charge is -2.17. The number of fused-ring (bicyclic) bond motifs is 1. The number of benzene rings is 1. The van der Waals surface area contributed by atoms with E-state index in [1.165, 1.54) is 42.4 Å². The summed E-state index contributed by atoms with van der Waals surface area (Å²) >= 11 is 0. The molecule has 2 rings (SSSR count). The van der Waals surface area contributed by atoms with Gasteiger partial charge in [0, 0.05) is 21.1 Å². The van der Waals surface area contributed by atoms with Gasteiger partial charge in [-0.25, -0.2) is 12.7 Å². The summed E-state index contributed by atoms with van der Waals surface area (Å²) in [6.07, 6.45) is 4.53. The molecule has 0 fully saturated rings. The van der Waals surface area contributed by atoms with E-state index in [9.17, 15) is 13.5 Å². The highest BCUT2D eigenvalue weighted by Gasteiger charge is 2.15. The van der Waals surface area contributed by atoms with Crippen molar-refractivity contribution in [2.24, 2.45) is 10.2 Å². The first-order valence-electron chi connectivity index (χ1n) is 9.37. The summed E-state index contributed by atoms with van der Waals surface area (Å²) in [5, 5.41) is 17.4. The molecular formula is C19H37N3O3S. The summed E-state index contributed by atoms with van der Waals surface area (Å²) in [4.78, 5) is 0. The fourth-order valence-corrected chi connectivity index (χ4v) is 2.78. The van der Waals surface area contributed by atoms with Crippen molar-refractivity contribution in [1.29, 1.82) is 0 Å². The number of aryl methyl sites for hydroxylation is 1. The first-order valence-corrected chi connectivity index (χ1v) is 11.0. The Morgan fingerprint density at radius 3 is 2.04 bits per heavy atom. The minimum atomic E-state index is -2.90. The van der Waals surface area contributed by atoms with Gasteiger partial charge in [0.1, 0.15) is 11.4 Å². The van der Waals surface area contributed by atoms with E-state index in [2.05, 4.69) is 10.2 Å². The molecule has 7 heteroatoms. The van der Waals surface area contributed by atoms with Crippen LogP contribution in [-0.4, -0.2) is 44.7 Å². The van der Waals surface area contributed by atoms with Gasteiger partial charge in [-0.15, -0.1) is 0 Å². The summed E-state index contributed by atoms with van der Waals surface area (Å²) in [7, 11) is 1.78. The van der Waals surface area contributed by atoms with Crippen LogP contribution in [0, 0.1) is 0 Å². The molecule has 0 unspecified atom stereocenters. The van der Waals surface area contributed by atoms with Crippen LogP contribution in [0.25, 0.3) is 0 Å². The Kier molecular flexibility index (Phi) is 15.1. The molecule has 0 heterocycles. The Hall–Kier alpha value is -1.47. The van der Waals surface area contributed by atoms with Gasteiger partial charge in [0.05, 0.1) is 5.75 Å². The molecule has 1 aliphatic rings. The smallest absolute Gasteiger partial charge is 0.213 e. The normalized spacial score (nSPS) is 12.8. The summed E-state index contributed by atoms with van der Waals surface area (Å²) < 4.78 is 22.5. The van der Waals surface area contributed by atoms with Crippen LogP contribution < -0.4 is 0 Å². The molecule has 1 N–H and O–H groups in total. The van der Waals surface area contributed by atoms with Crippen LogP contribution in [0.4, 0.5) is 5.69 Å². The lowest BCUT2D eigenvalue weighted by molar-refractivity contribution is 0.474. The summed E-state index contributed by atoms with van der Waals surface area (Å²) in [5.41, 5.74) is 3.17. The Balaban J connectivity index is 0. The molecule has 0 saturated carbocycles. The third-order valence-corrected chi connectivity index (χ3v) is 5.44. The molecule has 1 aromatic rings. The van der Waals surface area contributed by atoms with Gasteiger partial charge in [0.25, 0.3) is 0 Å². The van der Waals surface area contributed by atoms with Crippen molar-refractivity contribution in [3.05, 3.63) is 23.3 Å². The Bertz CT molecular complexity index is 627. The van der Waals surface area contributed by atoms with E-state index in [0.717, 1.165) is 12.8 Å². The molecule has 0 aliphatic heterocycles. The van der Waals surface area contributed by atoms with Gasteiger partial charge in [0.2, 0.25) is 10.0 Å². The highest BCUT2D eigenvalue weighted by molar-refractivity contribution is 7.89. The maximum absolute atomic E-state index is 10.6. The number of rotatable bonds is 3. The molecule has 0 amide bonds. The molecule has 1 aromatic carbocycles. The number of nitrogens with zero attached hydrogens (tertiary/aromatic N) is 3. The van der Waals surface area contributed by atoms with E-state index in [0.29, 0.717) is 5.69 Å². The molecule has 0 saturated heterocycles. The molecule has 26 heavy (non-hydrogen) atoms. The second kappa shape index (κ2) is 14.7. The van der Waals surface area contributed by atoms with E-state index in [-0.39, 0.29) is 11.5 Å². The van der Waals surface area contributed by atoms with Crippen LogP contribution in [0.2, 0.25) is 0 Å². The second-order valence-electron chi connectivity index (χ2n) is 5.26. The largest absolute Gasteiger partial charge is 0.506 e. The minimum absolute atomic E-state index is 0.181. The topological polar surface area (TPSA) is 82.3 Å². The number of aromatic hydroxyl groups is 1. The first-order chi connectivity index (χ1) is 12.3. The zero-order valence-electron chi connectivity index (χ0n) is 17.7. The molecule has 0 spiro atoms. The molecule has 0 atom stereocenters. The predicted octanol–water partition coefficient (Wildman–Crippen LogP) is 4.93. The van der Waals surface area contributed by atoms with Crippen LogP contribution in [-0.2, 0) is 22.9 Å². The van der Waals surface area contributed by atoms with E-state index < -0.39 is 10.0 Å². The number of phenols is 1. The molecule has 1 aliphatic carbocycles. The maximum atomic E-state index is 10.6. The monoisotopic (exact) mass is 387 g/mol. The van der Waals surface area contributed by atoms with E-state index in [4.69, 9.17) is 0 Å². The Morgan fingerprint density at radius 2 is 1.62 bits per heavy atom. The van der Waals surface area contributed by atoms with Gasteiger partial charge >= 0.3 is 0 Å². The van der Waals surface area contributed by atoms with Gasteiger partial charge in [-0.1, -0.05) is 33.8 Å². The zero-order valence-corrected chi connectivity index (χ0v) is 18.5. The lowest BCUT2D eigenvalue weighted by Crippen LogP contribution is -2.23. The van der Waals surface area contributed by atoms with Crippen molar-refractivity contribution < 1.29 is 13.5 Å². The standard InChI is InChI=1S/C11H14N2O.C4H11NO2S.2C2H6/c1-12-13-11-9-5-3-2-4-8(9)6-7-10(11)14;1-4-8(6,7)5(2)3;2*1-2/h6-7,14H,2-5H2,1H3;4H2,1-3H3;2*1-2H3. The summed E-state index contributed by atoms with van der Waals surface area (Å²) in [5.74, 6) is 0.427. The number of hydrogen-bond donors (Lipinski definition) is 1. The first kappa shape index (κ1) is 26.8. The van der Waals surface area contributed by atoms with Gasteiger partial charge in [0.15, 0.2) is 0 Å².